The van der Waals surface area contributed by atoms with Crippen molar-refractivity contribution < 1.29 is 14.7 Å². The first-order valence-electron chi connectivity index (χ1n) is 6.95. The molecule has 0 aromatic carbocycles. The molecule has 1 aliphatic heterocycles. The zero-order chi connectivity index (χ0) is 13.3. The largest absolute Gasteiger partial charge is 0.481 e. The van der Waals surface area contributed by atoms with Crippen LogP contribution in [0.15, 0.2) is 0 Å². The number of carbonyl (C=O) groups excluding carboxylic acids is 1. The number of piperidine rings is 1. The van der Waals surface area contributed by atoms with Gasteiger partial charge in [-0.3, -0.25) is 9.59 Å². The molecule has 102 valence electrons. The smallest absolute Gasteiger partial charge is 0.307 e. The van der Waals surface area contributed by atoms with Crippen LogP contribution in [0.2, 0.25) is 0 Å². The highest BCUT2D eigenvalue weighted by atomic mass is 16.4. The first-order valence-corrected chi connectivity index (χ1v) is 6.95. The van der Waals surface area contributed by atoms with Crippen molar-refractivity contribution in [3.63, 3.8) is 0 Å². The Kier molecular flexibility index (Phi) is 3.64. The lowest BCUT2D eigenvalue weighted by atomic mass is 9.90. The van der Waals surface area contributed by atoms with Crippen LogP contribution in [0, 0.1) is 17.3 Å². The Hall–Kier alpha value is -1.06. The molecule has 2 fully saturated rings. The highest BCUT2D eigenvalue weighted by Gasteiger charge is 2.59. The van der Waals surface area contributed by atoms with Crippen LogP contribution in [0.4, 0.5) is 0 Å². The van der Waals surface area contributed by atoms with Crippen LogP contribution in [0.5, 0.6) is 0 Å². The van der Waals surface area contributed by atoms with Crippen LogP contribution in [0.3, 0.4) is 0 Å². The van der Waals surface area contributed by atoms with Gasteiger partial charge in [0, 0.05) is 19.5 Å². The number of amides is 1. The number of hydrogen-bond acceptors (Lipinski definition) is 2. The first-order chi connectivity index (χ1) is 8.44. The second-order valence-corrected chi connectivity index (χ2v) is 6.27. The van der Waals surface area contributed by atoms with Gasteiger partial charge in [-0.25, -0.2) is 0 Å². The first kappa shape index (κ1) is 13.4. The lowest BCUT2D eigenvalue weighted by Crippen LogP contribution is -2.40. The summed E-state index contributed by atoms with van der Waals surface area (Å²) in [6.45, 7) is 5.75. The molecule has 2 rings (SSSR count). The van der Waals surface area contributed by atoms with Gasteiger partial charge < -0.3 is 10.0 Å². The fraction of sp³-hybridized carbons (Fsp3) is 0.857. The Labute approximate surface area is 108 Å². The van der Waals surface area contributed by atoms with Gasteiger partial charge >= 0.3 is 5.97 Å². The summed E-state index contributed by atoms with van der Waals surface area (Å²) in [5, 5.41) is 9.01. The predicted molar refractivity (Wildman–Crippen MR) is 68.1 cm³/mol. The number of aliphatic carboxylic acids is 1. The number of hydrogen-bond donors (Lipinski definition) is 1. The number of likely N-dealkylation sites (tertiary alicyclic amines) is 1. The van der Waals surface area contributed by atoms with Crippen molar-refractivity contribution in [3.05, 3.63) is 0 Å². The van der Waals surface area contributed by atoms with Crippen molar-refractivity contribution in [3.8, 4) is 0 Å². The second kappa shape index (κ2) is 4.90. The Morgan fingerprint density at radius 1 is 1.33 bits per heavy atom. The molecule has 1 unspecified atom stereocenters. The Bertz CT molecular complexity index is 343. The van der Waals surface area contributed by atoms with E-state index in [1.165, 1.54) is 0 Å². The molecule has 0 aromatic rings. The van der Waals surface area contributed by atoms with Crippen molar-refractivity contribution in [1.82, 2.24) is 4.90 Å². The van der Waals surface area contributed by atoms with Gasteiger partial charge in [-0.2, -0.15) is 0 Å². The van der Waals surface area contributed by atoms with Gasteiger partial charge in [0.25, 0.3) is 0 Å². The third kappa shape index (κ3) is 2.68. The summed E-state index contributed by atoms with van der Waals surface area (Å²) in [6.07, 6.45) is 4.14. The molecule has 1 saturated carbocycles. The molecule has 0 radical (unpaired) electrons. The number of nitrogens with zero attached hydrogens (tertiary/aromatic N) is 1. The number of carbonyl (C=O) groups is 2. The molecule has 18 heavy (non-hydrogen) atoms. The third-order valence-electron chi connectivity index (χ3n) is 4.54. The van der Waals surface area contributed by atoms with Gasteiger partial charge in [0.2, 0.25) is 5.91 Å². The summed E-state index contributed by atoms with van der Waals surface area (Å²) in [5.74, 6) is -0.00372. The van der Waals surface area contributed by atoms with E-state index in [1.807, 2.05) is 4.90 Å². The molecule has 1 aliphatic carbocycles. The van der Waals surface area contributed by atoms with E-state index in [1.54, 1.807) is 0 Å². The minimum absolute atomic E-state index is 0.0284. The molecule has 4 heteroatoms. The van der Waals surface area contributed by atoms with E-state index < -0.39 is 5.97 Å². The van der Waals surface area contributed by atoms with Crippen LogP contribution in [0.25, 0.3) is 0 Å². The molecule has 1 saturated heterocycles. The summed E-state index contributed by atoms with van der Waals surface area (Å²) in [5.41, 5.74) is 0.0284. The molecule has 2 aliphatic rings. The minimum Gasteiger partial charge on any atom is -0.481 e. The molecule has 0 aromatic heterocycles. The molecule has 1 N–H and O–H groups in total. The number of carboxylic acids is 1. The van der Waals surface area contributed by atoms with E-state index in [-0.39, 0.29) is 17.2 Å². The summed E-state index contributed by atoms with van der Waals surface area (Å²) < 4.78 is 0. The van der Waals surface area contributed by atoms with Crippen LogP contribution < -0.4 is 0 Å². The molecular formula is C14H23NO3. The van der Waals surface area contributed by atoms with Crippen molar-refractivity contribution in [2.75, 3.05) is 13.1 Å². The van der Waals surface area contributed by atoms with E-state index in [0.717, 1.165) is 38.8 Å². The van der Waals surface area contributed by atoms with Gasteiger partial charge in [0.15, 0.2) is 0 Å². The van der Waals surface area contributed by atoms with Crippen molar-refractivity contribution >= 4 is 11.9 Å². The van der Waals surface area contributed by atoms with E-state index in [2.05, 4.69) is 13.8 Å². The lowest BCUT2D eigenvalue weighted by Gasteiger charge is -2.32. The highest BCUT2D eigenvalue weighted by Crippen LogP contribution is 2.59. The van der Waals surface area contributed by atoms with Crippen molar-refractivity contribution in [2.45, 2.75) is 46.0 Å². The second-order valence-electron chi connectivity index (χ2n) is 6.27. The fourth-order valence-electron chi connectivity index (χ4n) is 3.02. The van der Waals surface area contributed by atoms with Gasteiger partial charge in [-0.1, -0.05) is 13.8 Å². The van der Waals surface area contributed by atoms with E-state index in [0.29, 0.717) is 12.3 Å². The zero-order valence-corrected chi connectivity index (χ0v) is 11.3. The van der Waals surface area contributed by atoms with E-state index >= 15 is 0 Å². The van der Waals surface area contributed by atoms with Gasteiger partial charge in [0.1, 0.15) is 0 Å². The summed E-state index contributed by atoms with van der Waals surface area (Å²) in [7, 11) is 0. The summed E-state index contributed by atoms with van der Waals surface area (Å²) in [4.78, 5) is 24.8. The van der Waals surface area contributed by atoms with Crippen LogP contribution in [-0.4, -0.2) is 35.0 Å². The normalized spacial score (nSPS) is 25.5. The van der Waals surface area contributed by atoms with Crippen LogP contribution in [0.1, 0.15) is 46.0 Å². The average Bonchev–Trinajstić information content (AvgIpc) is 3.01. The number of carboxylic acid groups (broad SMARTS) is 1. The molecule has 1 spiro atoms. The molecule has 1 atom stereocenters. The maximum atomic E-state index is 12.0. The minimum atomic E-state index is -0.658. The maximum absolute atomic E-state index is 12.0. The predicted octanol–water partition coefficient (Wildman–Crippen LogP) is 2.14. The molecule has 1 amide bonds. The van der Waals surface area contributed by atoms with Gasteiger partial charge in [-0.05, 0) is 37.0 Å². The van der Waals surface area contributed by atoms with Crippen LogP contribution in [-0.2, 0) is 9.59 Å². The Morgan fingerprint density at radius 2 is 1.94 bits per heavy atom. The van der Waals surface area contributed by atoms with Crippen molar-refractivity contribution in [2.24, 2.45) is 17.3 Å². The standard InChI is InChI=1S/C14H23NO3/c1-10(2)3-4-12(16)15-7-5-14(6-8-15)9-11(14)13(17)18/h10-11H,3-9H2,1-2H3,(H,17,18). The average molecular weight is 253 g/mol. The zero-order valence-electron chi connectivity index (χ0n) is 11.3. The van der Waals surface area contributed by atoms with Crippen LogP contribution >= 0.6 is 0 Å². The molecule has 0 bridgehead atoms. The van der Waals surface area contributed by atoms with E-state index in [4.69, 9.17) is 5.11 Å². The maximum Gasteiger partial charge on any atom is 0.307 e. The lowest BCUT2D eigenvalue weighted by molar-refractivity contribution is -0.139. The topological polar surface area (TPSA) is 57.6 Å². The monoisotopic (exact) mass is 253 g/mol. The number of rotatable bonds is 4. The molecule has 4 nitrogen and oxygen atoms in total. The Morgan fingerprint density at radius 3 is 2.39 bits per heavy atom. The fourth-order valence-corrected chi connectivity index (χ4v) is 3.02. The quantitative estimate of drug-likeness (QED) is 0.835. The van der Waals surface area contributed by atoms with E-state index in [9.17, 15) is 9.59 Å². The highest BCUT2D eigenvalue weighted by molar-refractivity contribution is 5.77. The SMILES string of the molecule is CC(C)CCC(=O)N1CCC2(CC1)CC2C(=O)O. The molecular weight excluding hydrogens is 230 g/mol. The van der Waals surface area contributed by atoms with Crippen molar-refractivity contribution in [1.29, 1.82) is 0 Å². The van der Waals surface area contributed by atoms with Gasteiger partial charge in [-0.15, -0.1) is 0 Å². The molecule has 1 heterocycles. The third-order valence-corrected chi connectivity index (χ3v) is 4.54. The van der Waals surface area contributed by atoms with Gasteiger partial charge in [0.05, 0.1) is 5.92 Å². The summed E-state index contributed by atoms with van der Waals surface area (Å²) >= 11 is 0. The summed E-state index contributed by atoms with van der Waals surface area (Å²) in [6, 6.07) is 0. The Balaban J connectivity index is 1.77.